The number of carbonyl (C=O) groups is 2. The molecule has 3 aromatic carbocycles. The van der Waals surface area contributed by atoms with Crippen LogP contribution in [0.1, 0.15) is 34.0 Å². The van der Waals surface area contributed by atoms with Crippen molar-refractivity contribution in [2.24, 2.45) is 0 Å². The van der Waals surface area contributed by atoms with Gasteiger partial charge in [-0.1, -0.05) is 41.9 Å². The largest absolute Gasteiger partial charge is 0.487 e. The van der Waals surface area contributed by atoms with Crippen molar-refractivity contribution in [3.63, 3.8) is 0 Å². The smallest absolute Gasteiger partial charge is 0.323 e. The Morgan fingerprint density at radius 1 is 1.12 bits per heavy atom. The number of benzene rings is 3. The predicted molar refractivity (Wildman–Crippen MR) is 128 cm³/mol. The average molecular weight is 482 g/mol. The van der Waals surface area contributed by atoms with Crippen LogP contribution in [0.25, 0.3) is 0 Å². The van der Waals surface area contributed by atoms with Crippen LogP contribution in [-0.4, -0.2) is 40.6 Å². The van der Waals surface area contributed by atoms with Gasteiger partial charge in [0.25, 0.3) is 5.91 Å². The van der Waals surface area contributed by atoms with Crippen LogP contribution < -0.4 is 4.74 Å². The Morgan fingerprint density at radius 2 is 1.85 bits per heavy atom. The van der Waals surface area contributed by atoms with Crippen molar-refractivity contribution in [3.05, 3.63) is 99.8 Å². The van der Waals surface area contributed by atoms with Gasteiger partial charge in [0.2, 0.25) is 0 Å². The van der Waals surface area contributed by atoms with E-state index >= 15 is 0 Å². The number of carboxylic acids is 1. The summed E-state index contributed by atoms with van der Waals surface area (Å²) >= 11 is 5.98. The van der Waals surface area contributed by atoms with E-state index in [0.717, 1.165) is 11.1 Å². The maximum Gasteiger partial charge on any atom is 0.323 e. The number of carbonyl (C=O) groups excluding carboxylic acids is 1. The molecule has 0 unspecified atom stereocenters. The number of hydrogen-bond acceptors (Lipinski definition) is 3. The summed E-state index contributed by atoms with van der Waals surface area (Å²) in [5, 5.41) is 9.99. The maximum atomic E-state index is 14.0. The zero-order valence-electron chi connectivity index (χ0n) is 18.8. The minimum atomic E-state index is -1.12. The van der Waals surface area contributed by atoms with E-state index in [0.29, 0.717) is 34.7 Å². The van der Waals surface area contributed by atoms with E-state index in [1.54, 1.807) is 36.4 Å². The highest BCUT2D eigenvalue weighted by atomic mass is 35.5. The standard InChI is InChI=1S/C27H25ClFNO4/c1-27(15-18-6-9-22(28)10-7-18)16-21-14-20(8-11-24(21)34-27)26(33)30(17-25(31)32)13-12-19-4-2-3-5-23(19)29/h2-11,14H,12-13,15-17H2,1H3,(H,31,32)/t27-/m1/s1. The number of carboxylic acid groups (broad SMARTS) is 1. The molecule has 1 atom stereocenters. The molecular weight excluding hydrogens is 457 g/mol. The molecule has 0 aromatic heterocycles. The van der Waals surface area contributed by atoms with Gasteiger partial charge in [0.1, 0.15) is 23.7 Å². The number of hydrogen-bond donors (Lipinski definition) is 1. The minimum Gasteiger partial charge on any atom is -0.487 e. The van der Waals surface area contributed by atoms with Crippen LogP contribution in [0, 0.1) is 5.82 Å². The first-order valence-corrected chi connectivity index (χ1v) is 11.4. The zero-order valence-corrected chi connectivity index (χ0v) is 19.5. The number of amides is 1. The van der Waals surface area contributed by atoms with Gasteiger partial charge in [-0.05, 0) is 66.4 Å². The molecule has 1 aliphatic rings. The Morgan fingerprint density at radius 3 is 2.56 bits per heavy atom. The number of ether oxygens (including phenoxy) is 1. The molecule has 1 amide bonds. The molecule has 0 saturated carbocycles. The van der Waals surface area contributed by atoms with Crippen molar-refractivity contribution in [2.75, 3.05) is 13.1 Å². The highest BCUT2D eigenvalue weighted by molar-refractivity contribution is 6.30. The summed E-state index contributed by atoms with van der Waals surface area (Å²) in [5.74, 6) is -1.20. The molecule has 1 heterocycles. The van der Waals surface area contributed by atoms with Crippen LogP contribution in [0.2, 0.25) is 5.02 Å². The van der Waals surface area contributed by atoms with Crippen molar-refractivity contribution in [1.29, 1.82) is 0 Å². The fourth-order valence-corrected chi connectivity index (χ4v) is 4.47. The summed E-state index contributed by atoms with van der Waals surface area (Å²) in [6, 6.07) is 19.1. The Hall–Kier alpha value is -3.38. The lowest BCUT2D eigenvalue weighted by Crippen LogP contribution is -2.37. The van der Waals surface area contributed by atoms with Crippen molar-refractivity contribution in [3.8, 4) is 5.75 Å². The lowest BCUT2D eigenvalue weighted by atomic mass is 9.91. The van der Waals surface area contributed by atoms with Gasteiger partial charge in [0.15, 0.2) is 0 Å². The van der Waals surface area contributed by atoms with Gasteiger partial charge in [-0.25, -0.2) is 4.39 Å². The molecule has 5 nitrogen and oxygen atoms in total. The second-order valence-electron chi connectivity index (χ2n) is 8.82. The molecule has 0 spiro atoms. The van der Waals surface area contributed by atoms with E-state index in [4.69, 9.17) is 16.3 Å². The molecule has 1 N–H and O–H groups in total. The summed E-state index contributed by atoms with van der Waals surface area (Å²) in [6.07, 6.45) is 1.51. The minimum absolute atomic E-state index is 0.0912. The van der Waals surface area contributed by atoms with Gasteiger partial charge < -0.3 is 14.7 Å². The van der Waals surface area contributed by atoms with E-state index in [2.05, 4.69) is 0 Å². The lowest BCUT2D eigenvalue weighted by molar-refractivity contribution is -0.137. The number of aliphatic carboxylic acids is 1. The van der Waals surface area contributed by atoms with Crippen molar-refractivity contribution in [1.82, 2.24) is 4.90 Å². The van der Waals surface area contributed by atoms with E-state index in [9.17, 15) is 19.1 Å². The Bertz CT molecular complexity index is 1210. The van der Waals surface area contributed by atoms with E-state index in [1.165, 1.54) is 11.0 Å². The van der Waals surface area contributed by atoms with Gasteiger partial charge in [-0.2, -0.15) is 0 Å². The van der Waals surface area contributed by atoms with Gasteiger partial charge in [0, 0.05) is 30.0 Å². The molecule has 7 heteroatoms. The molecular formula is C27H25ClFNO4. The number of nitrogens with zero attached hydrogens (tertiary/aromatic N) is 1. The van der Waals surface area contributed by atoms with Crippen molar-refractivity contribution < 1.29 is 23.8 Å². The van der Waals surface area contributed by atoms with Crippen LogP contribution in [0.3, 0.4) is 0 Å². The molecule has 34 heavy (non-hydrogen) atoms. The third-order valence-corrected chi connectivity index (χ3v) is 6.19. The predicted octanol–water partition coefficient (Wildman–Crippen LogP) is 5.18. The van der Waals surface area contributed by atoms with Crippen LogP contribution in [-0.2, 0) is 24.1 Å². The average Bonchev–Trinajstić information content (AvgIpc) is 3.13. The Labute approximate surface area is 202 Å². The first-order chi connectivity index (χ1) is 16.2. The summed E-state index contributed by atoms with van der Waals surface area (Å²) in [7, 11) is 0. The fourth-order valence-electron chi connectivity index (χ4n) is 4.34. The first kappa shape index (κ1) is 23.8. The summed E-state index contributed by atoms with van der Waals surface area (Å²) in [6.45, 7) is 1.65. The second kappa shape index (κ2) is 9.85. The third-order valence-electron chi connectivity index (χ3n) is 5.94. The highest BCUT2D eigenvalue weighted by Gasteiger charge is 2.35. The molecule has 4 rings (SSSR count). The van der Waals surface area contributed by atoms with Gasteiger partial charge >= 0.3 is 5.97 Å². The molecule has 1 aliphatic heterocycles. The summed E-state index contributed by atoms with van der Waals surface area (Å²) in [5.41, 5.74) is 2.34. The quantitative estimate of drug-likeness (QED) is 0.481. The SMILES string of the molecule is C[C@@]1(Cc2ccc(Cl)cc2)Cc2cc(C(=O)N(CCc3ccccc3F)CC(=O)O)ccc2O1. The van der Waals surface area contributed by atoms with Crippen LogP contribution in [0.15, 0.2) is 66.7 Å². The molecule has 0 aliphatic carbocycles. The first-order valence-electron chi connectivity index (χ1n) is 11.0. The summed E-state index contributed by atoms with van der Waals surface area (Å²) < 4.78 is 20.2. The number of rotatable bonds is 8. The fraction of sp³-hybridized carbons (Fsp3) is 0.259. The van der Waals surface area contributed by atoms with E-state index in [1.807, 2.05) is 31.2 Å². The topological polar surface area (TPSA) is 66.8 Å². The van der Waals surface area contributed by atoms with Crippen LogP contribution in [0.5, 0.6) is 5.75 Å². The van der Waals surface area contributed by atoms with Crippen molar-refractivity contribution in [2.45, 2.75) is 31.8 Å². The zero-order chi connectivity index (χ0) is 24.3. The normalized spacial score (nSPS) is 16.6. The third kappa shape index (κ3) is 5.57. The van der Waals surface area contributed by atoms with Gasteiger partial charge in [-0.3, -0.25) is 9.59 Å². The Kier molecular flexibility index (Phi) is 6.89. The van der Waals surface area contributed by atoms with E-state index < -0.39 is 24.0 Å². The van der Waals surface area contributed by atoms with Crippen LogP contribution >= 0.6 is 11.6 Å². The molecule has 176 valence electrons. The lowest BCUT2D eigenvalue weighted by Gasteiger charge is -2.24. The van der Waals surface area contributed by atoms with Crippen LogP contribution in [0.4, 0.5) is 4.39 Å². The number of fused-ring (bicyclic) bond motifs is 1. The monoisotopic (exact) mass is 481 g/mol. The van der Waals surface area contributed by atoms with E-state index in [-0.39, 0.29) is 18.8 Å². The van der Waals surface area contributed by atoms with Gasteiger partial charge in [-0.15, -0.1) is 0 Å². The number of halogens is 2. The molecule has 0 bridgehead atoms. The summed E-state index contributed by atoms with van der Waals surface area (Å²) in [4.78, 5) is 25.8. The van der Waals surface area contributed by atoms with Gasteiger partial charge in [0.05, 0.1) is 0 Å². The Balaban J connectivity index is 1.49. The maximum absolute atomic E-state index is 14.0. The van der Waals surface area contributed by atoms with Crippen molar-refractivity contribution >= 4 is 23.5 Å². The molecule has 0 radical (unpaired) electrons. The highest BCUT2D eigenvalue weighted by Crippen LogP contribution is 2.37. The molecule has 0 fully saturated rings. The molecule has 0 saturated heterocycles. The molecule has 3 aromatic rings. The second-order valence-corrected chi connectivity index (χ2v) is 9.25.